The van der Waals surface area contributed by atoms with Crippen molar-refractivity contribution in [3.63, 3.8) is 0 Å². The molecule has 146 valence electrons. The molecular weight excluding hydrogens is 364 g/mol. The van der Waals surface area contributed by atoms with Gasteiger partial charge < -0.3 is 10.1 Å². The van der Waals surface area contributed by atoms with Crippen LogP contribution in [0.1, 0.15) is 33.3 Å². The van der Waals surface area contributed by atoms with Crippen LogP contribution in [-0.2, 0) is 14.8 Å². The van der Waals surface area contributed by atoms with Crippen molar-refractivity contribution < 1.29 is 17.9 Å². The minimum absolute atomic E-state index is 0.139. The Hall–Kier alpha value is -2.38. The molecule has 2 aromatic rings. The summed E-state index contributed by atoms with van der Waals surface area (Å²) in [6, 6.07) is 13.5. The highest BCUT2D eigenvalue weighted by Crippen LogP contribution is 2.19. The molecule has 0 aliphatic heterocycles. The van der Waals surface area contributed by atoms with Crippen LogP contribution >= 0.6 is 0 Å². The van der Waals surface area contributed by atoms with E-state index in [-0.39, 0.29) is 10.8 Å². The maximum atomic E-state index is 12.3. The second-order valence-corrected chi connectivity index (χ2v) is 9.08. The van der Waals surface area contributed by atoms with Crippen LogP contribution in [0.3, 0.4) is 0 Å². The van der Waals surface area contributed by atoms with Crippen LogP contribution in [0.4, 0.5) is 5.69 Å². The van der Waals surface area contributed by atoms with Crippen molar-refractivity contribution in [1.82, 2.24) is 4.72 Å². The summed E-state index contributed by atoms with van der Waals surface area (Å²) in [5.41, 5.74) is 0.863. The molecule has 0 bridgehead atoms. The van der Waals surface area contributed by atoms with Gasteiger partial charge in [0.05, 0.1) is 4.90 Å². The van der Waals surface area contributed by atoms with E-state index >= 15 is 0 Å². The van der Waals surface area contributed by atoms with Crippen molar-refractivity contribution in [3.8, 4) is 5.75 Å². The van der Waals surface area contributed by atoms with E-state index in [1.54, 1.807) is 45.9 Å². The smallest absolute Gasteiger partial charge is 0.265 e. The molecule has 7 heteroatoms. The zero-order chi connectivity index (χ0) is 20.2. The van der Waals surface area contributed by atoms with Crippen molar-refractivity contribution in [2.75, 3.05) is 5.32 Å². The number of para-hydroxylation sites is 1. The third-order valence-corrected chi connectivity index (χ3v) is 5.41. The zero-order valence-corrected chi connectivity index (χ0v) is 17.1. The molecule has 1 atom stereocenters. The zero-order valence-electron chi connectivity index (χ0n) is 16.2. The Morgan fingerprint density at radius 3 is 2.19 bits per heavy atom. The summed E-state index contributed by atoms with van der Waals surface area (Å²) in [7, 11) is -3.61. The molecule has 1 amide bonds. The fourth-order valence-electron chi connectivity index (χ4n) is 2.36. The van der Waals surface area contributed by atoms with Crippen molar-refractivity contribution in [2.45, 2.75) is 51.2 Å². The number of carbonyl (C=O) groups is 1. The molecule has 0 aliphatic rings. The molecule has 2 rings (SSSR count). The first-order chi connectivity index (χ1) is 12.5. The van der Waals surface area contributed by atoms with Crippen LogP contribution in [0.2, 0.25) is 0 Å². The second-order valence-electron chi connectivity index (χ2n) is 7.39. The van der Waals surface area contributed by atoms with Gasteiger partial charge in [0.2, 0.25) is 10.0 Å². The van der Waals surface area contributed by atoms with E-state index in [1.807, 2.05) is 25.1 Å². The number of aryl methyl sites for hydroxylation is 1. The van der Waals surface area contributed by atoms with Crippen LogP contribution in [0.5, 0.6) is 5.75 Å². The molecule has 0 aromatic heterocycles. The molecule has 0 saturated carbocycles. The van der Waals surface area contributed by atoms with Crippen LogP contribution in [0, 0.1) is 6.92 Å². The Morgan fingerprint density at radius 1 is 1.04 bits per heavy atom. The van der Waals surface area contributed by atoms with E-state index in [1.165, 1.54) is 12.1 Å². The van der Waals surface area contributed by atoms with Crippen LogP contribution in [0.25, 0.3) is 0 Å². The van der Waals surface area contributed by atoms with Gasteiger partial charge in [-0.3, -0.25) is 4.79 Å². The third kappa shape index (κ3) is 6.08. The van der Waals surface area contributed by atoms with Crippen molar-refractivity contribution >= 4 is 21.6 Å². The van der Waals surface area contributed by atoms with Crippen molar-refractivity contribution in [2.24, 2.45) is 0 Å². The minimum atomic E-state index is -3.61. The number of rotatable bonds is 6. The summed E-state index contributed by atoms with van der Waals surface area (Å²) < 4.78 is 32.9. The van der Waals surface area contributed by atoms with E-state index in [2.05, 4.69) is 10.0 Å². The molecule has 0 saturated heterocycles. The number of benzene rings is 2. The summed E-state index contributed by atoms with van der Waals surface area (Å²) in [5.74, 6) is 0.330. The first kappa shape index (κ1) is 20.9. The summed E-state index contributed by atoms with van der Waals surface area (Å²) in [4.78, 5) is 12.5. The van der Waals surface area contributed by atoms with E-state index in [0.29, 0.717) is 11.4 Å². The average Bonchev–Trinajstić information content (AvgIpc) is 2.55. The van der Waals surface area contributed by atoms with Crippen LogP contribution < -0.4 is 14.8 Å². The molecule has 0 radical (unpaired) electrons. The largest absolute Gasteiger partial charge is 0.481 e. The lowest BCUT2D eigenvalue weighted by Crippen LogP contribution is -2.40. The van der Waals surface area contributed by atoms with Crippen molar-refractivity contribution in [1.29, 1.82) is 0 Å². The highest BCUT2D eigenvalue weighted by molar-refractivity contribution is 7.89. The third-order valence-electron chi connectivity index (χ3n) is 3.64. The number of ether oxygens (including phenoxy) is 1. The first-order valence-corrected chi connectivity index (χ1v) is 10.1. The number of amides is 1. The molecule has 0 aliphatic carbocycles. The Morgan fingerprint density at radius 2 is 1.63 bits per heavy atom. The fraction of sp³-hybridized carbons (Fsp3) is 0.350. The highest BCUT2D eigenvalue weighted by atomic mass is 32.2. The number of carbonyl (C=O) groups excluding carboxylic acids is 1. The minimum Gasteiger partial charge on any atom is -0.481 e. The molecule has 1 unspecified atom stereocenters. The second kappa shape index (κ2) is 8.10. The number of anilines is 1. The molecule has 0 spiro atoms. The monoisotopic (exact) mass is 390 g/mol. The highest BCUT2D eigenvalue weighted by Gasteiger charge is 2.22. The quantitative estimate of drug-likeness (QED) is 0.791. The predicted molar refractivity (Wildman–Crippen MR) is 106 cm³/mol. The standard InChI is InChI=1S/C20H26N2O4S/c1-14-8-6-7-9-18(14)26-15(2)19(23)21-16-10-12-17(13-11-16)27(24,25)22-20(3,4)5/h6-13,15,22H,1-5H3,(H,21,23). The average molecular weight is 391 g/mol. The van der Waals surface area contributed by atoms with Gasteiger partial charge in [-0.25, -0.2) is 13.1 Å². The topological polar surface area (TPSA) is 84.5 Å². The predicted octanol–water partition coefficient (Wildman–Crippen LogP) is 3.48. The van der Waals surface area contributed by atoms with Gasteiger partial charge in [-0.1, -0.05) is 18.2 Å². The lowest BCUT2D eigenvalue weighted by Gasteiger charge is -2.20. The number of hydrogen-bond acceptors (Lipinski definition) is 4. The van der Waals surface area contributed by atoms with Gasteiger partial charge in [0.15, 0.2) is 6.10 Å². The summed E-state index contributed by atoms with van der Waals surface area (Å²) in [6.07, 6.45) is -0.697. The Bertz CT molecular complexity index is 900. The van der Waals surface area contributed by atoms with Gasteiger partial charge in [0, 0.05) is 11.2 Å². The Kier molecular flexibility index (Phi) is 6.28. The molecule has 0 heterocycles. The molecule has 2 N–H and O–H groups in total. The normalized spacial score (nSPS) is 13.1. The lowest BCUT2D eigenvalue weighted by molar-refractivity contribution is -0.122. The lowest BCUT2D eigenvalue weighted by atomic mass is 10.1. The van der Waals surface area contributed by atoms with Gasteiger partial charge in [-0.2, -0.15) is 0 Å². The van der Waals surface area contributed by atoms with Crippen LogP contribution in [0.15, 0.2) is 53.4 Å². The van der Waals surface area contributed by atoms with Gasteiger partial charge in [0.1, 0.15) is 5.75 Å². The number of hydrogen-bond donors (Lipinski definition) is 2. The molecular formula is C20H26N2O4S. The van der Waals surface area contributed by atoms with E-state index in [0.717, 1.165) is 5.56 Å². The van der Waals surface area contributed by atoms with Gasteiger partial charge >= 0.3 is 0 Å². The SMILES string of the molecule is Cc1ccccc1OC(C)C(=O)Nc1ccc(S(=O)(=O)NC(C)(C)C)cc1. The summed E-state index contributed by atoms with van der Waals surface area (Å²) in [5, 5.41) is 2.73. The first-order valence-electron chi connectivity index (χ1n) is 8.65. The molecule has 6 nitrogen and oxygen atoms in total. The summed E-state index contributed by atoms with van der Waals surface area (Å²) in [6.45, 7) is 8.89. The summed E-state index contributed by atoms with van der Waals surface area (Å²) >= 11 is 0. The van der Waals surface area contributed by atoms with Gasteiger partial charge in [-0.15, -0.1) is 0 Å². The number of sulfonamides is 1. The van der Waals surface area contributed by atoms with Gasteiger partial charge in [-0.05, 0) is 70.5 Å². The Balaban J connectivity index is 2.03. The van der Waals surface area contributed by atoms with Gasteiger partial charge in [0.25, 0.3) is 5.91 Å². The molecule has 27 heavy (non-hydrogen) atoms. The van der Waals surface area contributed by atoms with E-state index in [9.17, 15) is 13.2 Å². The van der Waals surface area contributed by atoms with E-state index in [4.69, 9.17) is 4.74 Å². The van der Waals surface area contributed by atoms with E-state index < -0.39 is 21.7 Å². The molecule has 0 fully saturated rings. The van der Waals surface area contributed by atoms with Crippen molar-refractivity contribution in [3.05, 3.63) is 54.1 Å². The molecule has 2 aromatic carbocycles. The number of nitrogens with one attached hydrogen (secondary N) is 2. The maximum Gasteiger partial charge on any atom is 0.265 e. The maximum absolute atomic E-state index is 12.3. The van der Waals surface area contributed by atoms with Crippen LogP contribution in [-0.4, -0.2) is 26.0 Å². The fourth-order valence-corrected chi connectivity index (χ4v) is 3.77. The Labute approximate surface area is 161 Å².